The Bertz CT molecular complexity index is 475. The van der Waals surface area contributed by atoms with E-state index in [9.17, 15) is 9.90 Å². The molecule has 0 aliphatic heterocycles. The first-order valence-electron chi connectivity index (χ1n) is 6.93. The molecule has 1 amide bonds. The highest BCUT2D eigenvalue weighted by atomic mass is 16.5. The minimum absolute atomic E-state index is 0.0373. The molecule has 1 aliphatic carbocycles. The second kappa shape index (κ2) is 5.50. The number of aromatic nitrogens is 1. The van der Waals surface area contributed by atoms with E-state index in [2.05, 4.69) is 10.3 Å². The van der Waals surface area contributed by atoms with Crippen LogP contribution in [0.2, 0.25) is 0 Å². The van der Waals surface area contributed by atoms with E-state index in [-0.39, 0.29) is 24.0 Å². The molecule has 0 unspecified atom stereocenters. The molecule has 1 heterocycles. The lowest BCUT2D eigenvalue weighted by molar-refractivity contribution is -0.237. The standard InChI is InChI=1S/C15H22N2O3/c1-4-20-12-9-15(19,14(12,2)3)10-17-13(18)11-5-7-16-8-6-11/h5-8,12,19H,4,9-10H2,1-3H3,(H,17,18)/t12-,15-/m1/s1. The number of nitrogens with one attached hydrogen (secondary N) is 1. The summed E-state index contributed by atoms with van der Waals surface area (Å²) >= 11 is 0. The normalized spacial score (nSPS) is 27.7. The highest BCUT2D eigenvalue weighted by Gasteiger charge is 2.59. The molecule has 2 N–H and O–H groups in total. The second-order valence-electron chi connectivity index (χ2n) is 5.82. The summed E-state index contributed by atoms with van der Waals surface area (Å²) in [5.74, 6) is -0.198. The van der Waals surface area contributed by atoms with Gasteiger partial charge in [0.05, 0.1) is 11.7 Å². The zero-order chi connectivity index (χ0) is 14.8. The molecule has 2 atom stereocenters. The van der Waals surface area contributed by atoms with Crippen LogP contribution in [0.5, 0.6) is 0 Å². The smallest absolute Gasteiger partial charge is 0.251 e. The van der Waals surface area contributed by atoms with Crippen molar-refractivity contribution in [2.75, 3.05) is 13.2 Å². The Balaban J connectivity index is 1.93. The van der Waals surface area contributed by atoms with Gasteiger partial charge in [-0.2, -0.15) is 0 Å². The number of aliphatic hydroxyl groups is 1. The maximum absolute atomic E-state index is 12.0. The van der Waals surface area contributed by atoms with Crippen LogP contribution < -0.4 is 5.32 Å². The van der Waals surface area contributed by atoms with Gasteiger partial charge in [-0.05, 0) is 19.1 Å². The zero-order valence-corrected chi connectivity index (χ0v) is 12.2. The maximum Gasteiger partial charge on any atom is 0.251 e. The summed E-state index contributed by atoms with van der Waals surface area (Å²) in [6.07, 6.45) is 3.73. The largest absolute Gasteiger partial charge is 0.387 e. The summed E-state index contributed by atoms with van der Waals surface area (Å²) < 4.78 is 5.60. The molecule has 0 saturated heterocycles. The number of hydrogen-bond acceptors (Lipinski definition) is 4. The van der Waals surface area contributed by atoms with E-state index in [1.54, 1.807) is 24.5 Å². The third-order valence-electron chi connectivity index (χ3n) is 4.38. The summed E-state index contributed by atoms with van der Waals surface area (Å²) in [7, 11) is 0. The predicted octanol–water partition coefficient (Wildman–Crippen LogP) is 1.38. The van der Waals surface area contributed by atoms with E-state index in [1.165, 1.54) is 0 Å². The molecule has 2 rings (SSSR count). The van der Waals surface area contributed by atoms with Crippen molar-refractivity contribution in [1.82, 2.24) is 10.3 Å². The molecule has 0 aromatic carbocycles. The van der Waals surface area contributed by atoms with Crippen LogP contribution in [0, 0.1) is 5.41 Å². The fraction of sp³-hybridized carbons (Fsp3) is 0.600. The monoisotopic (exact) mass is 278 g/mol. The van der Waals surface area contributed by atoms with Crippen molar-refractivity contribution in [1.29, 1.82) is 0 Å². The first kappa shape index (κ1) is 14.9. The van der Waals surface area contributed by atoms with Crippen molar-refractivity contribution in [2.24, 2.45) is 5.41 Å². The van der Waals surface area contributed by atoms with Gasteiger partial charge in [0.1, 0.15) is 0 Å². The lowest BCUT2D eigenvalue weighted by atomic mass is 9.56. The molecule has 1 saturated carbocycles. The predicted molar refractivity (Wildman–Crippen MR) is 75.3 cm³/mol. The van der Waals surface area contributed by atoms with Gasteiger partial charge in [0.15, 0.2) is 0 Å². The molecule has 0 bridgehead atoms. The molecule has 110 valence electrons. The van der Waals surface area contributed by atoms with Gasteiger partial charge in [-0.25, -0.2) is 0 Å². The lowest BCUT2D eigenvalue weighted by Crippen LogP contribution is -2.68. The van der Waals surface area contributed by atoms with Crippen molar-refractivity contribution in [3.63, 3.8) is 0 Å². The van der Waals surface area contributed by atoms with Crippen LogP contribution in [-0.2, 0) is 4.74 Å². The zero-order valence-electron chi connectivity index (χ0n) is 12.2. The summed E-state index contributed by atoms with van der Waals surface area (Å²) in [6.45, 7) is 6.74. The van der Waals surface area contributed by atoms with Crippen LogP contribution in [0.1, 0.15) is 37.6 Å². The Hall–Kier alpha value is -1.46. The van der Waals surface area contributed by atoms with Crippen LogP contribution >= 0.6 is 0 Å². The Morgan fingerprint density at radius 1 is 1.50 bits per heavy atom. The van der Waals surface area contributed by atoms with Crippen LogP contribution in [0.4, 0.5) is 0 Å². The van der Waals surface area contributed by atoms with E-state index >= 15 is 0 Å². The summed E-state index contributed by atoms with van der Waals surface area (Å²) in [5, 5.41) is 13.4. The first-order valence-corrected chi connectivity index (χ1v) is 6.93. The Morgan fingerprint density at radius 3 is 2.70 bits per heavy atom. The Kier molecular flexibility index (Phi) is 4.11. The number of carbonyl (C=O) groups excluding carboxylic acids is 1. The summed E-state index contributed by atoms with van der Waals surface area (Å²) in [5.41, 5.74) is -0.744. The van der Waals surface area contributed by atoms with Crippen LogP contribution in [0.3, 0.4) is 0 Å². The topological polar surface area (TPSA) is 71.5 Å². The van der Waals surface area contributed by atoms with E-state index in [0.717, 1.165) is 0 Å². The van der Waals surface area contributed by atoms with Gasteiger partial charge in [0, 0.05) is 42.9 Å². The van der Waals surface area contributed by atoms with Crippen molar-refractivity contribution >= 4 is 5.91 Å². The number of ether oxygens (including phenoxy) is 1. The number of nitrogens with zero attached hydrogens (tertiary/aromatic N) is 1. The maximum atomic E-state index is 12.0. The average molecular weight is 278 g/mol. The molecule has 0 radical (unpaired) electrons. The molecule has 5 heteroatoms. The van der Waals surface area contributed by atoms with Gasteiger partial charge in [0.2, 0.25) is 0 Å². The fourth-order valence-corrected chi connectivity index (χ4v) is 2.59. The molecule has 1 fully saturated rings. The minimum Gasteiger partial charge on any atom is -0.387 e. The van der Waals surface area contributed by atoms with E-state index in [1.807, 2.05) is 20.8 Å². The SMILES string of the molecule is CCO[C@@H]1C[C@@](O)(CNC(=O)c2ccncc2)C1(C)C. The van der Waals surface area contributed by atoms with Crippen molar-refractivity contribution in [3.8, 4) is 0 Å². The van der Waals surface area contributed by atoms with Gasteiger partial charge < -0.3 is 15.2 Å². The number of amides is 1. The van der Waals surface area contributed by atoms with Crippen molar-refractivity contribution < 1.29 is 14.6 Å². The number of hydrogen-bond donors (Lipinski definition) is 2. The van der Waals surface area contributed by atoms with Gasteiger partial charge >= 0.3 is 0 Å². The highest BCUT2D eigenvalue weighted by Crippen LogP contribution is 2.50. The molecule has 20 heavy (non-hydrogen) atoms. The lowest BCUT2D eigenvalue weighted by Gasteiger charge is -2.57. The third-order valence-corrected chi connectivity index (χ3v) is 4.38. The third kappa shape index (κ3) is 2.55. The van der Waals surface area contributed by atoms with Gasteiger partial charge in [-0.1, -0.05) is 13.8 Å². The molecular formula is C15H22N2O3. The molecule has 1 aromatic heterocycles. The molecule has 5 nitrogen and oxygen atoms in total. The van der Waals surface area contributed by atoms with Gasteiger partial charge in [-0.3, -0.25) is 9.78 Å². The van der Waals surface area contributed by atoms with Crippen LogP contribution in [0.25, 0.3) is 0 Å². The number of pyridine rings is 1. The van der Waals surface area contributed by atoms with Crippen molar-refractivity contribution in [3.05, 3.63) is 30.1 Å². The fourth-order valence-electron chi connectivity index (χ4n) is 2.59. The molecule has 1 aliphatic rings. The van der Waals surface area contributed by atoms with Crippen molar-refractivity contribution in [2.45, 2.75) is 38.9 Å². The average Bonchev–Trinajstić information content (AvgIpc) is 2.45. The number of rotatable bonds is 5. The Labute approximate surface area is 119 Å². The summed E-state index contributed by atoms with van der Waals surface area (Å²) in [6, 6.07) is 3.29. The molecular weight excluding hydrogens is 256 g/mol. The van der Waals surface area contributed by atoms with Crippen LogP contribution in [-0.4, -0.2) is 40.9 Å². The second-order valence-corrected chi connectivity index (χ2v) is 5.82. The molecule has 1 aromatic rings. The van der Waals surface area contributed by atoms with E-state index < -0.39 is 5.60 Å². The summed E-state index contributed by atoms with van der Waals surface area (Å²) in [4.78, 5) is 15.8. The van der Waals surface area contributed by atoms with Gasteiger partial charge in [0.25, 0.3) is 5.91 Å². The number of carbonyl (C=O) groups is 1. The Morgan fingerprint density at radius 2 is 2.15 bits per heavy atom. The quantitative estimate of drug-likeness (QED) is 0.853. The van der Waals surface area contributed by atoms with Crippen LogP contribution in [0.15, 0.2) is 24.5 Å². The highest BCUT2D eigenvalue weighted by molar-refractivity contribution is 5.94. The van der Waals surface area contributed by atoms with Gasteiger partial charge in [-0.15, -0.1) is 0 Å². The minimum atomic E-state index is -0.921. The first-order chi connectivity index (χ1) is 9.40. The van der Waals surface area contributed by atoms with E-state index in [0.29, 0.717) is 18.6 Å². The van der Waals surface area contributed by atoms with E-state index in [4.69, 9.17) is 4.74 Å². The molecule has 0 spiro atoms.